The smallest absolute Gasteiger partial charge is 0.249 e. The van der Waals surface area contributed by atoms with E-state index in [0.29, 0.717) is 0 Å². The van der Waals surface area contributed by atoms with Crippen molar-refractivity contribution in [1.82, 2.24) is 5.06 Å². The van der Waals surface area contributed by atoms with Gasteiger partial charge < -0.3 is 0 Å². The molecule has 1 amide bonds. The Morgan fingerprint density at radius 3 is 2.20 bits per heavy atom. The number of rotatable bonds is 3. The van der Waals surface area contributed by atoms with E-state index in [4.69, 9.17) is 4.84 Å². The molecule has 1 heterocycles. The fourth-order valence-electron chi connectivity index (χ4n) is 3.54. The predicted octanol–water partition coefficient (Wildman–Crippen LogP) is 5.25. The van der Waals surface area contributed by atoms with Crippen molar-refractivity contribution in [3.8, 4) is 0 Å². The van der Waals surface area contributed by atoms with E-state index < -0.39 is 0 Å². The second-order valence-electron chi connectivity index (χ2n) is 9.67. The average molecular weight is 346 g/mol. The number of hydrogen-bond acceptors (Lipinski definition) is 2. The molecule has 0 bridgehead atoms. The average Bonchev–Trinajstić information content (AvgIpc) is 2.52. The first-order valence-corrected chi connectivity index (χ1v) is 9.54. The highest BCUT2D eigenvalue weighted by molar-refractivity contribution is 5.78. The summed E-state index contributed by atoms with van der Waals surface area (Å²) in [6.07, 6.45) is 2.83. The molecule has 0 saturated carbocycles. The van der Waals surface area contributed by atoms with Crippen LogP contribution in [0.3, 0.4) is 0 Å². The van der Waals surface area contributed by atoms with E-state index in [1.165, 1.54) is 5.56 Å². The lowest BCUT2D eigenvalue weighted by Gasteiger charge is -2.48. The van der Waals surface area contributed by atoms with Crippen molar-refractivity contribution in [2.75, 3.05) is 0 Å². The highest BCUT2D eigenvalue weighted by Crippen LogP contribution is 2.39. The van der Waals surface area contributed by atoms with Gasteiger partial charge in [0.15, 0.2) is 0 Å². The second kappa shape index (κ2) is 7.49. The summed E-state index contributed by atoms with van der Waals surface area (Å²) in [6.45, 7) is 15.2. The maximum absolute atomic E-state index is 13.2. The molecule has 3 heteroatoms. The van der Waals surface area contributed by atoms with Gasteiger partial charge in [0, 0.05) is 5.92 Å². The van der Waals surface area contributed by atoms with Crippen molar-refractivity contribution in [2.45, 2.75) is 79.9 Å². The molecule has 25 heavy (non-hydrogen) atoms. The molecule has 1 unspecified atom stereocenters. The molecule has 0 spiro atoms. The first-order valence-electron chi connectivity index (χ1n) is 9.54. The maximum atomic E-state index is 13.2. The van der Waals surface area contributed by atoms with Crippen LogP contribution in [0.25, 0.3) is 0 Å². The van der Waals surface area contributed by atoms with Gasteiger partial charge in [-0.3, -0.25) is 9.63 Å². The molecule has 0 aromatic heterocycles. The van der Waals surface area contributed by atoms with Crippen LogP contribution in [0.15, 0.2) is 30.3 Å². The Morgan fingerprint density at radius 1 is 1.08 bits per heavy atom. The number of carbonyl (C=O) groups is 1. The van der Waals surface area contributed by atoms with Gasteiger partial charge in [0.05, 0.1) is 12.1 Å². The lowest BCUT2D eigenvalue weighted by atomic mass is 9.78. The van der Waals surface area contributed by atoms with Gasteiger partial charge in [-0.2, -0.15) is 0 Å². The second-order valence-corrected chi connectivity index (χ2v) is 9.67. The van der Waals surface area contributed by atoms with Crippen LogP contribution in [0.4, 0.5) is 0 Å². The van der Waals surface area contributed by atoms with Crippen LogP contribution >= 0.6 is 0 Å². The Kier molecular flexibility index (Phi) is 5.98. The van der Waals surface area contributed by atoms with E-state index in [0.717, 1.165) is 19.3 Å². The number of amides is 1. The third-order valence-corrected chi connectivity index (χ3v) is 5.22. The van der Waals surface area contributed by atoms with E-state index >= 15 is 0 Å². The standard InChI is InChI=1S/C22H35NO2/c1-16(15-17-11-9-8-10-12-17)20(24)23-18(21(2,3)4)13-14-19(25-23)22(5,6)7/h8-12,16,18-19H,13-15H2,1-7H3/t16?,18-,19+/m0/s1. The highest BCUT2D eigenvalue weighted by atomic mass is 16.7. The van der Waals surface area contributed by atoms with Crippen molar-refractivity contribution < 1.29 is 9.63 Å². The van der Waals surface area contributed by atoms with E-state index in [1.54, 1.807) is 5.06 Å². The molecule has 0 aliphatic carbocycles. The lowest BCUT2D eigenvalue weighted by molar-refractivity contribution is -0.274. The minimum atomic E-state index is -0.0917. The molecule has 1 aliphatic heterocycles. The molecule has 1 aliphatic rings. The van der Waals surface area contributed by atoms with Gasteiger partial charge in [-0.25, -0.2) is 5.06 Å². The van der Waals surface area contributed by atoms with Crippen molar-refractivity contribution in [2.24, 2.45) is 16.7 Å². The zero-order chi connectivity index (χ0) is 18.8. The van der Waals surface area contributed by atoms with Crippen molar-refractivity contribution in [3.63, 3.8) is 0 Å². The number of hydrogen-bond donors (Lipinski definition) is 0. The van der Waals surface area contributed by atoms with Gasteiger partial charge in [-0.1, -0.05) is 78.8 Å². The molecule has 1 aromatic carbocycles. The molecule has 2 rings (SSSR count). The van der Waals surface area contributed by atoms with Gasteiger partial charge in [0.25, 0.3) is 0 Å². The normalized spacial score (nSPS) is 23.4. The summed E-state index contributed by atoms with van der Waals surface area (Å²) >= 11 is 0. The van der Waals surface area contributed by atoms with Crippen molar-refractivity contribution in [1.29, 1.82) is 0 Å². The van der Waals surface area contributed by atoms with Gasteiger partial charge >= 0.3 is 0 Å². The molecule has 1 saturated heterocycles. The topological polar surface area (TPSA) is 29.5 Å². The number of carbonyl (C=O) groups excluding carboxylic acids is 1. The summed E-state index contributed by atoms with van der Waals surface area (Å²) < 4.78 is 0. The van der Waals surface area contributed by atoms with Crippen LogP contribution in [-0.2, 0) is 16.1 Å². The largest absolute Gasteiger partial charge is 0.272 e. The summed E-state index contributed by atoms with van der Waals surface area (Å²) in [5.41, 5.74) is 1.23. The summed E-state index contributed by atoms with van der Waals surface area (Å²) in [5, 5.41) is 1.73. The lowest BCUT2D eigenvalue weighted by Crippen LogP contribution is -2.56. The molecule has 1 aromatic rings. The van der Waals surface area contributed by atoms with E-state index in [-0.39, 0.29) is 34.8 Å². The zero-order valence-electron chi connectivity index (χ0n) is 17.0. The van der Waals surface area contributed by atoms with Crippen LogP contribution in [0.1, 0.15) is 66.9 Å². The molecule has 1 fully saturated rings. The summed E-state index contributed by atoms with van der Waals surface area (Å²) in [6, 6.07) is 10.3. The third-order valence-electron chi connectivity index (χ3n) is 5.22. The van der Waals surface area contributed by atoms with Crippen LogP contribution in [-0.4, -0.2) is 23.1 Å². The fraction of sp³-hybridized carbons (Fsp3) is 0.682. The zero-order valence-corrected chi connectivity index (χ0v) is 17.0. The Balaban J connectivity index is 2.18. The summed E-state index contributed by atoms with van der Waals surface area (Å²) in [7, 11) is 0. The maximum Gasteiger partial charge on any atom is 0.249 e. The molecule has 0 N–H and O–H groups in total. The number of nitrogens with zero attached hydrogens (tertiary/aromatic N) is 1. The number of benzene rings is 1. The minimum absolute atomic E-state index is 0.00494. The quantitative estimate of drug-likeness (QED) is 0.749. The van der Waals surface area contributed by atoms with Crippen LogP contribution in [0.5, 0.6) is 0 Å². The van der Waals surface area contributed by atoms with Crippen molar-refractivity contribution >= 4 is 5.91 Å². The van der Waals surface area contributed by atoms with E-state index in [1.807, 2.05) is 25.1 Å². The van der Waals surface area contributed by atoms with Gasteiger partial charge in [-0.15, -0.1) is 0 Å². The molecular weight excluding hydrogens is 310 g/mol. The predicted molar refractivity (Wildman–Crippen MR) is 103 cm³/mol. The first-order chi connectivity index (χ1) is 11.5. The monoisotopic (exact) mass is 345 g/mol. The van der Waals surface area contributed by atoms with Crippen LogP contribution in [0.2, 0.25) is 0 Å². The molecule has 0 radical (unpaired) electrons. The Bertz CT molecular complexity index is 568. The fourth-order valence-corrected chi connectivity index (χ4v) is 3.54. The van der Waals surface area contributed by atoms with E-state index in [9.17, 15) is 4.79 Å². The van der Waals surface area contributed by atoms with Gasteiger partial charge in [0.2, 0.25) is 5.91 Å². The molecule has 140 valence electrons. The highest BCUT2D eigenvalue weighted by Gasteiger charge is 2.43. The SMILES string of the molecule is CC(Cc1ccccc1)C(=O)N1O[C@@H](C(C)(C)C)CC[C@H]1C(C)(C)C. The van der Waals surface area contributed by atoms with Gasteiger partial charge in [0.1, 0.15) is 0 Å². The van der Waals surface area contributed by atoms with E-state index in [2.05, 4.69) is 53.7 Å². The van der Waals surface area contributed by atoms with Gasteiger partial charge in [-0.05, 0) is 35.7 Å². The molecule has 3 nitrogen and oxygen atoms in total. The molecular formula is C22H35NO2. The Labute approximate surface area is 153 Å². The van der Waals surface area contributed by atoms with Crippen LogP contribution < -0.4 is 0 Å². The number of hydroxylamine groups is 2. The van der Waals surface area contributed by atoms with Crippen LogP contribution in [0, 0.1) is 16.7 Å². The summed E-state index contributed by atoms with van der Waals surface area (Å²) in [4.78, 5) is 19.5. The Morgan fingerprint density at radius 2 is 1.68 bits per heavy atom. The van der Waals surface area contributed by atoms with Crippen molar-refractivity contribution in [3.05, 3.63) is 35.9 Å². The third kappa shape index (κ3) is 5.07. The minimum Gasteiger partial charge on any atom is -0.272 e. The Hall–Kier alpha value is -1.35. The summed E-state index contributed by atoms with van der Waals surface area (Å²) in [5.74, 6) is 0.0173. The first kappa shape index (κ1) is 20.0. The molecule has 3 atom stereocenters.